The molecule has 0 aromatic carbocycles. The van der Waals surface area contributed by atoms with Crippen LogP contribution in [0.2, 0.25) is 0 Å². The van der Waals surface area contributed by atoms with Crippen molar-refractivity contribution in [3.8, 4) is 0 Å². The van der Waals surface area contributed by atoms with Gasteiger partial charge in [0.15, 0.2) is 8.46 Å². The van der Waals surface area contributed by atoms with Gasteiger partial charge < -0.3 is 25.3 Å². The Hall–Kier alpha value is -0.590. The van der Waals surface area contributed by atoms with Gasteiger partial charge in [-0.15, -0.1) is 0 Å². The van der Waals surface area contributed by atoms with E-state index >= 15 is 0 Å². The number of nitrogens with zero attached hydrogens (tertiary/aromatic N) is 1. The highest BCUT2D eigenvalue weighted by molar-refractivity contribution is 7.25. The number of hydrogen-bond donors (Lipinski definition) is 4. The van der Waals surface area contributed by atoms with Crippen LogP contribution in [0.1, 0.15) is 0 Å². The van der Waals surface area contributed by atoms with Gasteiger partial charge >= 0.3 is 0 Å². The van der Waals surface area contributed by atoms with Crippen LogP contribution in [0.4, 0.5) is 0 Å². The first kappa shape index (κ1) is 13.5. The zero-order valence-electron chi connectivity index (χ0n) is 8.43. The Bertz CT molecular complexity index is 275. The summed E-state index contributed by atoms with van der Waals surface area (Å²) in [5.41, 5.74) is 0. The molecule has 1 aliphatic rings. The minimum atomic E-state index is -1.42. The predicted molar refractivity (Wildman–Crippen MR) is 53.1 cm³/mol. The number of aliphatic hydroxyl groups excluding tert-OH is 4. The average molecular weight is 251 g/mol. The normalized spacial score (nSPS) is 35.4. The van der Waals surface area contributed by atoms with Gasteiger partial charge in [-0.2, -0.15) is 0 Å². The second kappa shape index (κ2) is 5.65. The highest BCUT2D eigenvalue weighted by Crippen LogP contribution is 2.19. The Balaban J connectivity index is 2.81. The highest BCUT2D eigenvalue weighted by Gasteiger charge is 2.42. The number of carbonyl (C=O) groups excluding carboxylic acids is 1. The monoisotopic (exact) mass is 251 g/mol. The number of piperidine rings is 1. The third-order valence-corrected chi connectivity index (χ3v) is 3.03. The molecule has 4 atom stereocenters. The molecule has 16 heavy (non-hydrogen) atoms. The first-order valence-electron chi connectivity index (χ1n) is 4.76. The van der Waals surface area contributed by atoms with Crippen LogP contribution in [0.5, 0.6) is 0 Å². The molecule has 1 heterocycles. The smallest absolute Gasteiger partial charge is 0.234 e. The zero-order chi connectivity index (χ0) is 12.3. The van der Waals surface area contributed by atoms with Crippen molar-refractivity contribution in [2.75, 3.05) is 19.3 Å². The second-order valence-corrected chi connectivity index (χ2v) is 4.21. The molecule has 7 nitrogen and oxygen atoms in total. The second-order valence-electron chi connectivity index (χ2n) is 3.63. The Morgan fingerprint density at radius 1 is 1.31 bits per heavy atom. The van der Waals surface area contributed by atoms with Gasteiger partial charge in [0, 0.05) is 6.54 Å². The van der Waals surface area contributed by atoms with E-state index in [-0.39, 0.29) is 21.2 Å². The minimum absolute atomic E-state index is 0.197. The van der Waals surface area contributed by atoms with Gasteiger partial charge in [-0.1, -0.05) is 0 Å². The van der Waals surface area contributed by atoms with Crippen LogP contribution in [0.3, 0.4) is 0 Å². The maximum atomic E-state index is 11.5. The zero-order valence-corrected chi connectivity index (χ0v) is 9.32. The molecular formula is C8H14NO6P. The van der Waals surface area contributed by atoms with Crippen molar-refractivity contribution < 1.29 is 29.8 Å². The van der Waals surface area contributed by atoms with Crippen molar-refractivity contribution in [3.05, 3.63) is 0 Å². The van der Waals surface area contributed by atoms with E-state index in [2.05, 4.69) is 0 Å². The van der Waals surface area contributed by atoms with E-state index in [0.717, 1.165) is 4.90 Å². The SMILES string of the molecule is O=PCC(=O)N1CC(O)C(O)C(O)C1CO. The summed E-state index contributed by atoms with van der Waals surface area (Å²) in [6.45, 7) is -0.732. The summed E-state index contributed by atoms with van der Waals surface area (Å²) in [7, 11) is -0.373. The Morgan fingerprint density at radius 3 is 2.44 bits per heavy atom. The lowest BCUT2D eigenvalue weighted by molar-refractivity contribution is -0.164. The van der Waals surface area contributed by atoms with E-state index < -0.39 is 36.9 Å². The summed E-state index contributed by atoms with van der Waals surface area (Å²) < 4.78 is 10.3. The third-order valence-electron chi connectivity index (χ3n) is 2.63. The molecule has 8 heteroatoms. The number of aliphatic hydroxyl groups is 4. The summed E-state index contributed by atoms with van der Waals surface area (Å²) in [5.74, 6) is -0.555. The van der Waals surface area contributed by atoms with Gasteiger partial charge in [0.1, 0.15) is 24.5 Å². The molecule has 1 rings (SSSR count). The summed E-state index contributed by atoms with van der Waals surface area (Å²) >= 11 is 0. The molecule has 1 aliphatic heterocycles. The molecule has 0 saturated carbocycles. The molecule has 0 spiro atoms. The molecule has 1 fully saturated rings. The summed E-state index contributed by atoms with van der Waals surface area (Å²) in [6, 6.07) is -0.979. The molecule has 1 saturated heterocycles. The first-order chi connectivity index (χ1) is 7.52. The topological polar surface area (TPSA) is 118 Å². The van der Waals surface area contributed by atoms with E-state index in [1.165, 1.54) is 0 Å². The molecule has 4 N–H and O–H groups in total. The standard InChI is InChI=1S/C8H14NO6P/c10-2-4-7(13)8(14)5(11)1-9(4)6(12)3-16-15/h4-5,7-8,10-11,13-14H,1-3H2. The summed E-state index contributed by atoms with van der Waals surface area (Å²) in [6.07, 6.45) is -4.37. The number of amides is 1. The van der Waals surface area contributed by atoms with Gasteiger partial charge in [-0.3, -0.25) is 9.36 Å². The largest absolute Gasteiger partial charge is 0.394 e. The van der Waals surface area contributed by atoms with Crippen LogP contribution in [0, 0.1) is 0 Å². The lowest BCUT2D eigenvalue weighted by Crippen LogP contribution is -2.64. The Kier molecular flexibility index (Phi) is 4.76. The fourth-order valence-corrected chi connectivity index (χ4v) is 2.02. The van der Waals surface area contributed by atoms with E-state index in [1.807, 2.05) is 0 Å². The van der Waals surface area contributed by atoms with Crippen LogP contribution in [-0.2, 0) is 9.36 Å². The van der Waals surface area contributed by atoms with Gasteiger partial charge in [0.25, 0.3) is 0 Å². The van der Waals surface area contributed by atoms with Crippen LogP contribution in [0.25, 0.3) is 0 Å². The van der Waals surface area contributed by atoms with Crippen molar-refractivity contribution in [1.82, 2.24) is 4.90 Å². The van der Waals surface area contributed by atoms with Crippen molar-refractivity contribution in [3.63, 3.8) is 0 Å². The highest BCUT2D eigenvalue weighted by atomic mass is 31.1. The molecule has 0 aliphatic carbocycles. The number of hydrogen-bond acceptors (Lipinski definition) is 6. The van der Waals surface area contributed by atoms with Crippen LogP contribution >= 0.6 is 8.46 Å². The van der Waals surface area contributed by atoms with E-state index in [0.29, 0.717) is 0 Å². The number of likely N-dealkylation sites (tertiary alicyclic amines) is 1. The molecule has 92 valence electrons. The van der Waals surface area contributed by atoms with Gasteiger partial charge in [-0.05, 0) is 0 Å². The molecular weight excluding hydrogens is 237 g/mol. The fraction of sp³-hybridized carbons (Fsp3) is 0.875. The number of rotatable bonds is 3. The van der Waals surface area contributed by atoms with Gasteiger partial charge in [0.2, 0.25) is 5.91 Å². The molecule has 0 aromatic rings. The van der Waals surface area contributed by atoms with Crippen molar-refractivity contribution >= 4 is 14.4 Å². The van der Waals surface area contributed by atoms with Crippen LogP contribution in [0.15, 0.2) is 0 Å². The van der Waals surface area contributed by atoms with Gasteiger partial charge in [-0.25, -0.2) is 0 Å². The summed E-state index contributed by atoms with van der Waals surface area (Å²) in [5, 5.41) is 37.3. The molecule has 0 bridgehead atoms. The Morgan fingerprint density at radius 2 is 1.94 bits per heavy atom. The number of β-amino-alcohol motifs (C(OH)–C–C–N with tert-alkyl or cyclic N) is 1. The van der Waals surface area contributed by atoms with Gasteiger partial charge in [0.05, 0.1) is 12.6 Å². The van der Waals surface area contributed by atoms with E-state index in [4.69, 9.17) is 5.11 Å². The quantitative estimate of drug-likeness (QED) is 0.414. The maximum absolute atomic E-state index is 11.5. The molecule has 0 radical (unpaired) electrons. The van der Waals surface area contributed by atoms with Crippen molar-refractivity contribution in [2.24, 2.45) is 0 Å². The van der Waals surface area contributed by atoms with E-state index in [9.17, 15) is 24.7 Å². The minimum Gasteiger partial charge on any atom is -0.394 e. The molecule has 0 aromatic heterocycles. The average Bonchev–Trinajstić information content (AvgIpc) is 2.26. The third kappa shape index (κ3) is 2.56. The van der Waals surface area contributed by atoms with Crippen LogP contribution in [-0.4, -0.2) is 74.9 Å². The number of carbonyl (C=O) groups is 1. The predicted octanol–water partition coefficient (Wildman–Crippen LogP) is -2.44. The van der Waals surface area contributed by atoms with Crippen molar-refractivity contribution in [1.29, 1.82) is 0 Å². The van der Waals surface area contributed by atoms with E-state index in [1.54, 1.807) is 0 Å². The van der Waals surface area contributed by atoms with Crippen LogP contribution < -0.4 is 0 Å². The Labute approximate surface area is 93.5 Å². The first-order valence-corrected chi connectivity index (χ1v) is 5.76. The molecule has 1 amide bonds. The molecule has 4 unspecified atom stereocenters. The lowest BCUT2D eigenvalue weighted by Gasteiger charge is -2.42. The maximum Gasteiger partial charge on any atom is 0.234 e. The fourth-order valence-electron chi connectivity index (χ4n) is 1.72. The lowest BCUT2D eigenvalue weighted by atomic mass is 9.94. The summed E-state index contributed by atoms with van der Waals surface area (Å²) in [4.78, 5) is 12.5. The van der Waals surface area contributed by atoms with Crippen molar-refractivity contribution in [2.45, 2.75) is 24.4 Å².